The Morgan fingerprint density at radius 2 is 1.62 bits per heavy atom. The normalized spacial score (nSPS) is 11.2. The average molecular weight is 457 g/mol. The number of benzene rings is 2. The number of fused-ring (bicyclic) bond motifs is 1. The second-order valence-electron chi connectivity index (χ2n) is 8.92. The molecule has 0 aliphatic heterocycles. The van der Waals surface area contributed by atoms with Crippen LogP contribution in [0, 0.1) is 0 Å². The van der Waals surface area contributed by atoms with E-state index in [1.54, 1.807) is 30.5 Å². The smallest absolute Gasteiger partial charge is 0.323 e. The van der Waals surface area contributed by atoms with Gasteiger partial charge in [-0.3, -0.25) is 4.79 Å². The fraction of sp³-hybridized carbons (Fsp3) is 0.222. The molecule has 0 spiro atoms. The van der Waals surface area contributed by atoms with Crippen molar-refractivity contribution >= 4 is 28.4 Å². The highest BCUT2D eigenvalue weighted by molar-refractivity contribution is 6.02. The summed E-state index contributed by atoms with van der Waals surface area (Å²) in [4.78, 5) is 32.3. The zero-order valence-electron chi connectivity index (χ0n) is 19.6. The minimum absolute atomic E-state index is 0.125. The lowest BCUT2D eigenvalue weighted by Crippen LogP contribution is -2.25. The van der Waals surface area contributed by atoms with E-state index in [4.69, 9.17) is 0 Å². The summed E-state index contributed by atoms with van der Waals surface area (Å²) in [6, 6.07) is 15.9. The van der Waals surface area contributed by atoms with Crippen molar-refractivity contribution in [2.45, 2.75) is 39.5 Å². The molecule has 2 aromatic heterocycles. The number of nitrogens with one attached hydrogen (secondary N) is 3. The van der Waals surface area contributed by atoms with Gasteiger partial charge < -0.3 is 20.7 Å². The molecule has 0 saturated carbocycles. The topological polar surface area (TPSA) is 107 Å². The number of carbonyl (C=O) groups is 1. The molecule has 0 aliphatic rings. The Hall–Kier alpha value is -4.13. The molecule has 0 unspecified atom stereocenters. The van der Waals surface area contributed by atoms with E-state index in [-0.39, 0.29) is 23.3 Å². The maximum absolute atomic E-state index is 13.0. The monoisotopic (exact) mass is 456 g/mol. The standard InChI is InChI=1S/C27H28N4O3/c1-15(2)21-12-19(17-7-5-9-20(32)11-17)13-22(16(3)4)24(21)30-27(34)29-23-14-18-8-6-10-28-25(18)31-26(23)33/h5-16,32H,1-4H3,(H,28,31,33)(H2,29,30,34). The predicted octanol–water partition coefficient (Wildman–Crippen LogP) is 6.19. The minimum atomic E-state index is -0.498. The van der Waals surface area contributed by atoms with Gasteiger partial charge >= 0.3 is 6.03 Å². The van der Waals surface area contributed by atoms with Gasteiger partial charge in [0.05, 0.1) is 0 Å². The van der Waals surface area contributed by atoms with Crippen molar-refractivity contribution in [3.8, 4) is 16.9 Å². The number of amides is 2. The Morgan fingerprint density at radius 3 is 2.26 bits per heavy atom. The van der Waals surface area contributed by atoms with Gasteiger partial charge in [0.1, 0.15) is 17.1 Å². The van der Waals surface area contributed by atoms with E-state index in [2.05, 4.69) is 48.3 Å². The Morgan fingerprint density at radius 1 is 0.912 bits per heavy atom. The van der Waals surface area contributed by atoms with Gasteiger partial charge in [-0.05, 0) is 76.6 Å². The predicted molar refractivity (Wildman–Crippen MR) is 137 cm³/mol. The van der Waals surface area contributed by atoms with Crippen molar-refractivity contribution in [2.75, 3.05) is 10.6 Å². The van der Waals surface area contributed by atoms with E-state index in [0.717, 1.165) is 33.3 Å². The molecule has 174 valence electrons. The molecular weight excluding hydrogens is 428 g/mol. The lowest BCUT2D eigenvalue weighted by atomic mass is 9.88. The van der Waals surface area contributed by atoms with Crippen LogP contribution >= 0.6 is 0 Å². The van der Waals surface area contributed by atoms with Crippen LogP contribution in [0.4, 0.5) is 16.2 Å². The summed E-state index contributed by atoms with van der Waals surface area (Å²) in [5, 5.41) is 16.3. The summed E-state index contributed by atoms with van der Waals surface area (Å²) in [5.74, 6) is 0.451. The van der Waals surface area contributed by atoms with Crippen LogP contribution < -0.4 is 16.2 Å². The van der Waals surface area contributed by atoms with Crippen molar-refractivity contribution in [1.29, 1.82) is 0 Å². The van der Waals surface area contributed by atoms with E-state index in [0.29, 0.717) is 5.65 Å². The summed E-state index contributed by atoms with van der Waals surface area (Å²) in [6.07, 6.45) is 1.60. The Balaban J connectivity index is 1.71. The first-order valence-corrected chi connectivity index (χ1v) is 11.3. The van der Waals surface area contributed by atoms with Gasteiger partial charge in [0.25, 0.3) is 5.56 Å². The second kappa shape index (κ2) is 9.39. The van der Waals surface area contributed by atoms with Crippen molar-refractivity contribution in [1.82, 2.24) is 9.97 Å². The maximum atomic E-state index is 13.0. The molecule has 7 nitrogen and oxygen atoms in total. The van der Waals surface area contributed by atoms with Crippen LogP contribution in [0.5, 0.6) is 5.75 Å². The molecule has 2 amide bonds. The molecule has 34 heavy (non-hydrogen) atoms. The summed E-state index contributed by atoms with van der Waals surface area (Å²) in [5.41, 5.74) is 4.72. The van der Waals surface area contributed by atoms with Crippen molar-refractivity contribution in [2.24, 2.45) is 0 Å². The molecular formula is C27H28N4O3. The van der Waals surface area contributed by atoms with Gasteiger partial charge in [-0.1, -0.05) is 39.8 Å². The van der Waals surface area contributed by atoms with Crippen LogP contribution in [0.1, 0.15) is 50.7 Å². The molecule has 0 atom stereocenters. The van der Waals surface area contributed by atoms with E-state index in [1.165, 1.54) is 0 Å². The third-order valence-electron chi connectivity index (χ3n) is 5.72. The number of H-pyrrole nitrogens is 1. The lowest BCUT2D eigenvalue weighted by molar-refractivity contribution is 0.262. The number of hydrogen-bond acceptors (Lipinski definition) is 4. The zero-order valence-corrected chi connectivity index (χ0v) is 19.6. The number of hydrogen-bond donors (Lipinski definition) is 4. The van der Waals surface area contributed by atoms with Gasteiger partial charge in [0, 0.05) is 17.3 Å². The number of aromatic amines is 1. The molecule has 4 rings (SSSR count). The summed E-state index contributed by atoms with van der Waals surface area (Å²) < 4.78 is 0. The molecule has 2 heterocycles. The molecule has 4 N–H and O–H groups in total. The van der Waals surface area contributed by atoms with E-state index in [1.807, 2.05) is 30.3 Å². The number of urea groups is 1. The highest BCUT2D eigenvalue weighted by Gasteiger charge is 2.19. The maximum Gasteiger partial charge on any atom is 0.323 e. The number of carbonyl (C=O) groups excluding carboxylic acids is 1. The van der Waals surface area contributed by atoms with Crippen molar-refractivity contribution in [3.05, 3.63) is 82.3 Å². The van der Waals surface area contributed by atoms with Gasteiger partial charge in [-0.15, -0.1) is 0 Å². The molecule has 0 bridgehead atoms. The van der Waals surface area contributed by atoms with Crippen LogP contribution in [-0.4, -0.2) is 21.1 Å². The SMILES string of the molecule is CC(C)c1cc(-c2cccc(O)c2)cc(C(C)C)c1NC(=O)Nc1cc2cccnc2[nH]c1=O. The zero-order chi connectivity index (χ0) is 24.4. The third kappa shape index (κ3) is 4.78. The van der Waals surface area contributed by atoms with Crippen molar-refractivity contribution < 1.29 is 9.90 Å². The number of anilines is 2. The average Bonchev–Trinajstić information content (AvgIpc) is 2.79. The van der Waals surface area contributed by atoms with Crippen molar-refractivity contribution in [3.63, 3.8) is 0 Å². The van der Waals surface area contributed by atoms with E-state index in [9.17, 15) is 14.7 Å². The first kappa shape index (κ1) is 23.0. The van der Waals surface area contributed by atoms with Gasteiger partial charge in [-0.25, -0.2) is 9.78 Å². The van der Waals surface area contributed by atoms with Gasteiger partial charge in [0.2, 0.25) is 0 Å². The molecule has 7 heteroatoms. The highest BCUT2D eigenvalue weighted by Crippen LogP contribution is 2.37. The quantitative estimate of drug-likeness (QED) is 0.287. The number of pyridine rings is 2. The number of aromatic hydroxyl groups is 1. The molecule has 0 fully saturated rings. The van der Waals surface area contributed by atoms with Crippen LogP contribution in [0.2, 0.25) is 0 Å². The summed E-state index contributed by atoms with van der Waals surface area (Å²) in [7, 11) is 0. The number of nitrogens with zero attached hydrogens (tertiary/aromatic N) is 1. The summed E-state index contributed by atoms with van der Waals surface area (Å²) >= 11 is 0. The molecule has 2 aromatic carbocycles. The van der Waals surface area contributed by atoms with Crippen LogP contribution in [0.3, 0.4) is 0 Å². The second-order valence-corrected chi connectivity index (χ2v) is 8.92. The molecule has 0 radical (unpaired) electrons. The Labute approximate surface area is 197 Å². The first-order valence-electron chi connectivity index (χ1n) is 11.3. The van der Waals surface area contributed by atoms with E-state index >= 15 is 0 Å². The fourth-order valence-corrected chi connectivity index (χ4v) is 3.99. The van der Waals surface area contributed by atoms with Crippen LogP contribution in [-0.2, 0) is 0 Å². The summed E-state index contributed by atoms with van der Waals surface area (Å²) in [6.45, 7) is 8.26. The number of aromatic nitrogens is 2. The number of phenols is 1. The minimum Gasteiger partial charge on any atom is -0.508 e. The third-order valence-corrected chi connectivity index (χ3v) is 5.72. The molecule has 0 aliphatic carbocycles. The molecule has 0 saturated heterocycles. The van der Waals surface area contributed by atoms with E-state index < -0.39 is 11.6 Å². The van der Waals surface area contributed by atoms with Crippen LogP contribution in [0.25, 0.3) is 22.2 Å². The Bertz CT molecular complexity index is 1390. The largest absolute Gasteiger partial charge is 0.508 e. The molecule has 4 aromatic rings. The van der Waals surface area contributed by atoms with Crippen LogP contribution in [0.15, 0.2) is 65.6 Å². The lowest BCUT2D eigenvalue weighted by Gasteiger charge is -2.22. The highest BCUT2D eigenvalue weighted by atomic mass is 16.3. The first-order chi connectivity index (χ1) is 16.2. The number of rotatable bonds is 5. The Kier molecular flexibility index (Phi) is 6.36. The fourth-order valence-electron chi connectivity index (χ4n) is 3.99. The number of phenolic OH excluding ortho intramolecular Hbond substituents is 1. The van der Waals surface area contributed by atoms with Gasteiger partial charge in [0.15, 0.2) is 0 Å². The van der Waals surface area contributed by atoms with Gasteiger partial charge in [-0.2, -0.15) is 0 Å².